The first-order chi connectivity index (χ1) is 8.02. The Balaban J connectivity index is 2.15. The Morgan fingerprint density at radius 2 is 2.00 bits per heavy atom. The lowest BCUT2D eigenvalue weighted by Crippen LogP contribution is -2.37. The zero-order chi connectivity index (χ0) is 12.5. The van der Waals surface area contributed by atoms with Crippen LogP contribution >= 0.6 is 0 Å². The van der Waals surface area contributed by atoms with Gasteiger partial charge in [0.1, 0.15) is 12.0 Å². The number of hydrogen-bond donors (Lipinski definition) is 1. The molecule has 2 unspecified atom stereocenters. The summed E-state index contributed by atoms with van der Waals surface area (Å²) in [6, 6.07) is 8.31. The van der Waals surface area contributed by atoms with Gasteiger partial charge in [-0.2, -0.15) is 0 Å². The van der Waals surface area contributed by atoms with Crippen LogP contribution in [0.3, 0.4) is 0 Å². The molecule has 3 nitrogen and oxygen atoms in total. The van der Waals surface area contributed by atoms with Gasteiger partial charge in [0.15, 0.2) is 0 Å². The normalized spacial score (nSPS) is 24.9. The Morgan fingerprint density at radius 3 is 2.59 bits per heavy atom. The molecule has 0 bridgehead atoms. The van der Waals surface area contributed by atoms with Crippen LogP contribution in [0.4, 0.5) is 0 Å². The molecule has 1 heterocycles. The summed E-state index contributed by atoms with van der Waals surface area (Å²) in [6.07, 6.45) is 0.0948. The average molecular weight is 235 g/mol. The summed E-state index contributed by atoms with van der Waals surface area (Å²) in [5.74, 6) is 0.920. The monoisotopic (exact) mass is 235 g/mol. The van der Waals surface area contributed by atoms with Crippen molar-refractivity contribution in [2.45, 2.75) is 33.0 Å². The van der Waals surface area contributed by atoms with Crippen molar-refractivity contribution in [2.75, 3.05) is 13.7 Å². The van der Waals surface area contributed by atoms with Gasteiger partial charge in [0, 0.05) is 11.0 Å². The zero-order valence-electron chi connectivity index (χ0n) is 11.0. The average Bonchev–Trinajstić information content (AvgIpc) is 2.77. The van der Waals surface area contributed by atoms with Gasteiger partial charge in [0.05, 0.1) is 19.8 Å². The third kappa shape index (κ3) is 2.61. The van der Waals surface area contributed by atoms with Crippen molar-refractivity contribution >= 4 is 0 Å². The van der Waals surface area contributed by atoms with Gasteiger partial charge >= 0.3 is 0 Å². The van der Waals surface area contributed by atoms with Crippen molar-refractivity contribution in [1.29, 1.82) is 0 Å². The Hall–Kier alpha value is -1.06. The molecule has 94 valence electrons. The maximum atomic E-state index is 5.82. The third-order valence-electron chi connectivity index (χ3n) is 3.08. The number of methoxy groups -OCH3 is 1. The van der Waals surface area contributed by atoms with Gasteiger partial charge in [-0.25, -0.2) is 0 Å². The van der Waals surface area contributed by atoms with Crippen molar-refractivity contribution in [3.63, 3.8) is 0 Å². The molecule has 0 amide bonds. The van der Waals surface area contributed by atoms with Crippen LogP contribution in [0.25, 0.3) is 0 Å². The number of rotatable bonds is 2. The van der Waals surface area contributed by atoms with Crippen molar-refractivity contribution in [3.05, 3.63) is 29.8 Å². The van der Waals surface area contributed by atoms with Gasteiger partial charge in [-0.15, -0.1) is 0 Å². The first-order valence-electron chi connectivity index (χ1n) is 6.03. The second-order valence-electron chi connectivity index (χ2n) is 5.54. The molecule has 0 aliphatic carbocycles. The smallest absolute Gasteiger partial charge is 0.123 e. The molecule has 17 heavy (non-hydrogen) atoms. The largest absolute Gasteiger partial charge is 0.496 e. The minimum atomic E-state index is 0.0948. The molecular formula is C14H21NO2. The minimum Gasteiger partial charge on any atom is -0.496 e. The van der Waals surface area contributed by atoms with Crippen LogP contribution in [0, 0.1) is 5.41 Å². The molecule has 2 atom stereocenters. The highest BCUT2D eigenvalue weighted by atomic mass is 16.5. The maximum Gasteiger partial charge on any atom is 0.123 e. The van der Waals surface area contributed by atoms with E-state index in [1.54, 1.807) is 7.11 Å². The molecule has 3 heteroatoms. The maximum absolute atomic E-state index is 5.82. The first kappa shape index (κ1) is 12.4. The molecule has 0 saturated carbocycles. The van der Waals surface area contributed by atoms with Crippen molar-refractivity contribution in [2.24, 2.45) is 5.41 Å². The summed E-state index contributed by atoms with van der Waals surface area (Å²) < 4.78 is 11.2. The van der Waals surface area contributed by atoms with E-state index in [1.165, 1.54) is 5.56 Å². The molecule has 2 rings (SSSR count). The second-order valence-corrected chi connectivity index (χ2v) is 5.54. The number of hydrogen-bond acceptors (Lipinski definition) is 3. The third-order valence-corrected chi connectivity index (χ3v) is 3.08. The van der Waals surface area contributed by atoms with Crippen LogP contribution in [0.15, 0.2) is 24.3 Å². The van der Waals surface area contributed by atoms with E-state index < -0.39 is 0 Å². The molecule has 1 aliphatic rings. The number of ether oxygens (including phenoxy) is 2. The summed E-state index contributed by atoms with van der Waals surface area (Å²) in [6.45, 7) is 7.22. The lowest BCUT2D eigenvalue weighted by molar-refractivity contribution is 0.0173. The fourth-order valence-electron chi connectivity index (χ4n) is 2.11. The summed E-state index contributed by atoms with van der Waals surface area (Å²) in [5.41, 5.74) is 1.28. The number of para-hydroxylation sites is 1. The summed E-state index contributed by atoms with van der Waals surface area (Å²) >= 11 is 0. The van der Waals surface area contributed by atoms with Crippen molar-refractivity contribution < 1.29 is 9.47 Å². The van der Waals surface area contributed by atoms with E-state index in [2.05, 4.69) is 32.2 Å². The standard InChI is InChI=1S/C14H21NO2/c1-14(2,3)13-15-11(9-17-13)10-7-5-6-8-12(10)16-4/h5-8,11,13,15H,9H2,1-4H3. The summed E-state index contributed by atoms with van der Waals surface area (Å²) in [5, 5.41) is 3.52. The topological polar surface area (TPSA) is 30.5 Å². The predicted molar refractivity (Wildman–Crippen MR) is 68.1 cm³/mol. The molecule has 0 aromatic heterocycles. The molecule has 1 saturated heterocycles. The number of nitrogens with one attached hydrogen (secondary N) is 1. The van der Waals surface area contributed by atoms with Crippen LogP contribution in [0.2, 0.25) is 0 Å². The second kappa shape index (κ2) is 4.67. The predicted octanol–water partition coefficient (Wildman–Crippen LogP) is 2.73. The lowest BCUT2D eigenvalue weighted by atomic mass is 9.94. The van der Waals surface area contributed by atoms with Gasteiger partial charge in [-0.1, -0.05) is 39.0 Å². The summed E-state index contributed by atoms with van der Waals surface area (Å²) in [4.78, 5) is 0. The van der Waals surface area contributed by atoms with E-state index in [0.717, 1.165) is 5.75 Å². The Kier molecular flexibility index (Phi) is 3.40. The fraction of sp³-hybridized carbons (Fsp3) is 0.571. The molecule has 1 aromatic rings. The van der Waals surface area contributed by atoms with E-state index in [0.29, 0.717) is 6.61 Å². The molecule has 1 N–H and O–H groups in total. The number of benzene rings is 1. The quantitative estimate of drug-likeness (QED) is 0.855. The highest BCUT2D eigenvalue weighted by Gasteiger charge is 2.34. The molecule has 1 fully saturated rings. The fourth-order valence-corrected chi connectivity index (χ4v) is 2.11. The molecule has 0 spiro atoms. The van der Waals surface area contributed by atoms with Gasteiger partial charge in [0.2, 0.25) is 0 Å². The minimum absolute atomic E-state index is 0.0948. The van der Waals surface area contributed by atoms with E-state index in [-0.39, 0.29) is 17.7 Å². The highest BCUT2D eigenvalue weighted by Crippen LogP contribution is 2.33. The first-order valence-corrected chi connectivity index (χ1v) is 6.03. The van der Waals surface area contributed by atoms with Crippen LogP contribution in [-0.2, 0) is 4.74 Å². The van der Waals surface area contributed by atoms with E-state index in [9.17, 15) is 0 Å². The molecule has 1 aromatic carbocycles. The molecule has 1 aliphatic heterocycles. The molecule has 0 radical (unpaired) electrons. The SMILES string of the molecule is COc1ccccc1C1COC(C(C)(C)C)N1. The van der Waals surface area contributed by atoms with E-state index in [1.807, 2.05) is 18.2 Å². The van der Waals surface area contributed by atoms with E-state index in [4.69, 9.17) is 9.47 Å². The summed E-state index contributed by atoms with van der Waals surface area (Å²) in [7, 11) is 1.70. The van der Waals surface area contributed by atoms with Gasteiger partial charge in [0.25, 0.3) is 0 Å². The van der Waals surface area contributed by atoms with Crippen LogP contribution < -0.4 is 10.1 Å². The molecular weight excluding hydrogens is 214 g/mol. The van der Waals surface area contributed by atoms with Gasteiger partial charge in [-0.3, -0.25) is 5.32 Å². The van der Waals surface area contributed by atoms with Crippen molar-refractivity contribution in [3.8, 4) is 5.75 Å². The zero-order valence-corrected chi connectivity index (χ0v) is 11.0. The Labute approximate surface area is 103 Å². The van der Waals surface area contributed by atoms with Crippen molar-refractivity contribution in [1.82, 2.24) is 5.32 Å². The highest BCUT2D eigenvalue weighted by molar-refractivity contribution is 5.36. The Bertz CT molecular complexity index is 384. The Morgan fingerprint density at radius 1 is 1.29 bits per heavy atom. The van der Waals surface area contributed by atoms with Crippen LogP contribution in [-0.4, -0.2) is 19.9 Å². The lowest BCUT2D eigenvalue weighted by Gasteiger charge is -2.26. The van der Waals surface area contributed by atoms with Crippen LogP contribution in [0.1, 0.15) is 32.4 Å². The van der Waals surface area contributed by atoms with Gasteiger partial charge in [-0.05, 0) is 6.07 Å². The van der Waals surface area contributed by atoms with E-state index >= 15 is 0 Å². The van der Waals surface area contributed by atoms with Crippen LogP contribution in [0.5, 0.6) is 5.75 Å². The van der Waals surface area contributed by atoms with Gasteiger partial charge < -0.3 is 9.47 Å².